The normalized spacial score (nSPS) is 16.3. The van der Waals surface area contributed by atoms with Crippen molar-refractivity contribution in [2.24, 2.45) is 11.8 Å². The van der Waals surface area contributed by atoms with Crippen LogP contribution < -0.4 is 5.32 Å². The smallest absolute Gasteiger partial charge is 0.317 e. The number of likely N-dealkylation sites (tertiary alicyclic amines) is 1. The van der Waals surface area contributed by atoms with Crippen LogP contribution in [0.2, 0.25) is 0 Å². The molecule has 1 aliphatic rings. The Hall–Kier alpha value is -1.55. The van der Waals surface area contributed by atoms with Crippen LogP contribution in [0.25, 0.3) is 0 Å². The molecular weight excluding hydrogens is 264 g/mol. The molecule has 0 aliphatic carbocycles. The first kappa shape index (κ1) is 15.8. The molecular formula is C17H26N2O2. The second-order valence-corrected chi connectivity index (χ2v) is 6.15. The minimum absolute atomic E-state index is 0.00458. The van der Waals surface area contributed by atoms with Crippen molar-refractivity contribution in [3.63, 3.8) is 0 Å². The van der Waals surface area contributed by atoms with Crippen molar-refractivity contribution in [3.05, 3.63) is 35.4 Å². The van der Waals surface area contributed by atoms with Gasteiger partial charge in [0, 0.05) is 19.6 Å². The summed E-state index contributed by atoms with van der Waals surface area (Å²) in [6, 6.07) is 7.65. The maximum atomic E-state index is 12.2. The van der Waals surface area contributed by atoms with Gasteiger partial charge in [-0.15, -0.1) is 0 Å². The average molecular weight is 290 g/mol. The van der Waals surface area contributed by atoms with Gasteiger partial charge in [-0.25, -0.2) is 4.79 Å². The lowest BCUT2D eigenvalue weighted by atomic mass is 9.87. The fraction of sp³-hybridized carbons (Fsp3) is 0.588. The molecule has 4 heteroatoms. The standard InChI is InChI=1S/C17H26N2O2/c1-13(2)14-7-9-19(10-8-14)17(21)18-11-15-5-3-4-6-16(15)12-20/h3-6,13-14,20H,7-12H2,1-2H3,(H,18,21). The number of aliphatic hydroxyl groups is 1. The van der Waals surface area contributed by atoms with E-state index in [1.54, 1.807) is 0 Å². The Balaban J connectivity index is 1.83. The molecule has 1 aromatic carbocycles. The topological polar surface area (TPSA) is 52.6 Å². The number of hydrogen-bond acceptors (Lipinski definition) is 2. The van der Waals surface area contributed by atoms with Crippen molar-refractivity contribution in [1.29, 1.82) is 0 Å². The molecule has 4 nitrogen and oxygen atoms in total. The van der Waals surface area contributed by atoms with Gasteiger partial charge in [-0.2, -0.15) is 0 Å². The number of benzene rings is 1. The summed E-state index contributed by atoms with van der Waals surface area (Å²) in [4.78, 5) is 14.1. The summed E-state index contributed by atoms with van der Waals surface area (Å²) < 4.78 is 0. The van der Waals surface area contributed by atoms with E-state index in [1.807, 2.05) is 29.2 Å². The zero-order valence-corrected chi connectivity index (χ0v) is 13.0. The lowest BCUT2D eigenvalue weighted by Crippen LogP contribution is -2.44. The van der Waals surface area contributed by atoms with Gasteiger partial charge in [0.25, 0.3) is 0 Å². The van der Waals surface area contributed by atoms with Gasteiger partial charge in [-0.05, 0) is 35.8 Å². The minimum Gasteiger partial charge on any atom is -0.392 e. The third-order valence-electron chi connectivity index (χ3n) is 4.49. The van der Waals surface area contributed by atoms with Gasteiger partial charge in [0.15, 0.2) is 0 Å². The highest BCUT2D eigenvalue weighted by Crippen LogP contribution is 2.24. The lowest BCUT2D eigenvalue weighted by molar-refractivity contribution is 0.156. The number of aliphatic hydroxyl groups excluding tert-OH is 1. The first-order valence-electron chi connectivity index (χ1n) is 7.82. The fourth-order valence-electron chi connectivity index (χ4n) is 2.94. The molecule has 0 radical (unpaired) electrons. The highest BCUT2D eigenvalue weighted by atomic mass is 16.3. The number of nitrogens with zero attached hydrogens (tertiary/aromatic N) is 1. The number of carbonyl (C=O) groups excluding carboxylic acids is 1. The van der Waals surface area contributed by atoms with E-state index in [4.69, 9.17) is 0 Å². The Morgan fingerprint density at radius 3 is 2.48 bits per heavy atom. The number of urea groups is 1. The Labute approximate surface area is 127 Å². The second-order valence-electron chi connectivity index (χ2n) is 6.15. The van der Waals surface area contributed by atoms with E-state index in [1.165, 1.54) is 0 Å². The summed E-state index contributed by atoms with van der Waals surface area (Å²) in [6.45, 7) is 6.68. The molecule has 1 heterocycles. The van der Waals surface area contributed by atoms with E-state index in [0.29, 0.717) is 12.5 Å². The SMILES string of the molecule is CC(C)C1CCN(C(=O)NCc2ccccc2CO)CC1. The highest BCUT2D eigenvalue weighted by molar-refractivity contribution is 5.74. The summed E-state index contributed by atoms with van der Waals surface area (Å²) in [5.74, 6) is 1.44. The molecule has 2 amide bonds. The molecule has 2 rings (SSSR count). The first-order valence-corrected chi connectivity index (χ1v) is 7.82. The van der Waals surface area contributed by atoms with Crippen LogP contribution in [0, 0.1) is 11.8 Å². The van der Waals surface area contributed by atoms with Gasteiger partial charge in [-0.1, -0.05) is 38.1 Å². The summed E-state index contributed by atoms with van der Waals surface area (Å²) in [5.41, 5.74) is 1.85. The van der Waals surface area contributed by atoms with Gasteiger partial charge in [0.1, 0.15) is 0 Å². The number of carbonyl (C=O) groups is 1. The van der Waals surface area contributed by atoms with Crippen LogP contribution in [-0.4, -0.2) is 29.1 Å². The Morgan fingerprint density at radius 1 is 1.29 bits per heavy atom. The molecule has 0 bridgehead atoms. The zero-order valence-electron chi connectivity index (χ0n) is 13.0. The van der Waals surface area contributed by atoms with E-state index >= 15 is 0 Å². The lowest BCUT2D eigenvalue weighted by Gasteiger charge is -2.33. The molecule has 1 saturated heterocycles. The third-order valence-corrected chi connectivity index (χ3v) is 4.49. The van der Waals surface area contributed by atoms with Gasteiger partial charge >= 0.3 is 6.03 Å². The summed E-state index contributed by atoms with van der Waals surface area (Å²) in [7, 11) is 0. The van der Waals surface area contributed by atoms with Crippen molar-refractivity contribution in [2.75, 3.05) is 13.1 Å². The maximum absolute atomic E-state index is 12.2. The van der Waals surface area contributed by atoms with Gasteiger partial charge in [0.2, 0.25) is 0 Å². The third kappa shape index (κ3) is 4.21. The summed E-state index contributed by atoms with van der Waals surface area (Å²) >= 11 is 0. The monoisotopic (exact) mass is 290 g/mol. The maximum Gasteiger partial charge on any atom is 0.317 e. The molecule has 0 saturated carbocycles. The van der Waals surface area contributed by atoms with Crippen LogP contribution in [0.15, 0.2) is 24.3 Å². The van der Waals surface area contributed by atoms with Crippen molar-refractivity contribution in [3.8, 4) is 0 Å². The predicted molar refractivity (Wildman–Crippen MR) is 83.7 cm³/mol. The number of amides is 2. The number of hydrogen-bond donors (Lipinski definition) is 2. The van der Waals surface area contributed by atoms with E-state index in [-0.39, 0.29) is 12.6 Å². The molecule has 1 aromatic rings. The van der Waals surface area contributed by atoms with Crippen LogP contribution in [0.3, 0.4) is 0 Å². The molecule has 0 aromatic heterocycles. The van der Waals surface area contributed by atoms with Crippen molar-refractivity contribution < 1.29 is 9.90 Å². The van der Waals surface area contributed by atoms with E-state index in [9.17, 15) is 9.90 Å². The Bertz CT molecular complexity index is 466. The van der Waals surface area contributed by atoms with E-state index in [2.05, 4.69) is 19.2 Å². The predicted octanol–water partition coefficient (Wildman–Crippen LogP) is 2.76. The second kappa shape index (κ2) is 7.46. The van der Waals surface area contributed by atoms with Crippen LogP contribution in [-0.2, 0) is 13.2 Å². The molecule has 0 spiro atoms. The summed E-state index contributed by atoms with van der Waals surface area (Å²) in [5, 5.41) is 12.3. The van der Waals surface area contributed by atoms with Crippen molar-refractivity contribution in [1.82, 2.24) is 10.2 Å². The van der Waals surface area contributed by atoms with E-state index in [0.717, 1.165) is 43.0 Å². The van der Waals surface area contributed by atoms with Crippen LogP contribution in [0.4, 0.5) is 4.79 Å². The van der Waals surface area contributed by atoms with E-state index < -0.39 is 0 Å². The molecule has 1 fully saturated rings. The quantitative estimate of drug-likeness (QED) is 0.896. The number of nitrogens with one attached hydrogen (secondary N) is 1. The summed E-state index contributed by atoms with van der Waals surface area (Å²) in [6.07, 6.45) is 2.19. The molecule has 116 valence electrons. The van der Waals surface area contributed by atoms with Crippen LogP contribution >= 0.6 is 0 Å². The molecule has 21 heavy (non-hydrogen) atoms. The van der Waals surface area contributed by atoms with Gasteiger partial charge < -0.3 is 15.3 Å². The first-order chi connectivity index (χ1) is 10.1. The molecule has 2 N–H and O–H groups in total. The van der Waals surface area contributed by atoms with Crippen LogP contribution in [0.1, 0.15) is 37.8 Å². The zero-order chi connectivity index (χ0) is 15.2. The van der Waals surface area contributed by atoms with Crippen molar-refractivity contribution >= 4 is 6.03 Å². The Morgan fingerprint density at radius 2 is 1.90 bits per heavy atom. The van der Waals surface area contributed by atoms with Gasteiger partial charge in [0.05, 0.1) is 6.61 Å². The molecule has 0 unspecified atom stereocenters. The average Bonchev–Trinajstić information content (AvgIpc) is 2.52. The minimum atomic E-state index is 0.00458. The Kier molecular flexibility index (Phi) is 5.62. The number of rotatable bonds is 4. The fourth-order valence-corrected chi connectivity index (χ4v) is 2.94. The molecule has 0 atom stereocenters. The number of piperidine rings is 1. The largest absolute Gasteiger partial charge is 0.392 e. The molecule has 1 aliphatic heterocycles. The van der Waals surface area contributed by atoms with Gasteiger partial charge in [-0.3, -0.25) is 0 Å². The van der Waals surface area contributed by atoms with Crippen LogP contribution in [0.5, 0.6) is 0 Å². The van der Waals surface area contributed by atoms with Crippen molar-refractivity contribution in [2.45, 2.75) is 39.8 Å². The highest BCUT2D eigenvalue weighted by Gasteiger charge is 2.24.